The van der Waals surface area contributed by atoms with Crippen LogP contribution in [-0.2, 0) is 4.79 Å². The van der Waals surface area contributed by atoms with Crippen molar-refractivity contribution in [1.29, 1.82) is 0 Å². The number of aromatic amines is 1. The molecule has 1 saturated heterocycles. The summed E-state index contributed by atoms with van der Waals surface area (Å²) in [6.45, 7) is 2.32. The maximum Gasteiger partial charge on any atom is 0.238 e. The van der Waals surface area contributed by atoms with Gasteiger partial charge < -0.3 is 15.0 Å². The number of ether oxygens (including phenoxy) is 1. The van der Waals surface area contributed by atoms with Crippen molar-refractivity contribution in [2.24, 2.45) is 0 Å². The number of anilines is 1. The van der Waals surface area contributed by atoms with E-state index in [1.165, 1.54) is 10.9 Å². The molecule has 1 aliphatic heterocycles. The van der Waals surface area contributed by atoms with Crippen molar-refractivity contribution in [3.8, 4) is 5.75 Å². The summed E-state index contributed by atoms with van der Waals surface area (Å²) in [5, 5.41) is 4.21. The first-order valence-electron chi connectivity index (χ1n) is 9.45. The molecule has 3 aromatic rings. The molecular weight excluding hydrogens is 338 g/mol. The first-order valence-corrected chi connectivity index (χ1v) is 9.45. The van der Waals surface area contributed by atoms with Crippen LogP contribution in [0.2, 0.25) is 0 Å². The molecule has 2 heterocycles. The minimum absolute atomic E-state index is 0.0523. The predicted molar refractivity (Wildman–Crippen MR) is 108 cm³/mol. The maximum atomic E-state index is 12.3. The van der Waals surface area contributed by atoms with Crippen LogP contribution in [0.15, 0.2) is 54.7 Å². The summed E-state index contributed by atoms with van der Waals surface area (Å²) in [5.41, 5.74) is 3.36. The van der Waals surface area contributed by atoms with E-state index in [1.54, 1.807) is 7.11 Å². The van der Waals surface area contributed by atoms with Crippen molar-refractivity contribution in [3.05, 3.63) is 60.3 Å². The number of piperidine rings is 1. The van der Waals surface area contributed by atoms with Crippen LogP contribution in [0.3, 0.4) is 0 Å². The number of nitrogens with zero attached hydrogens (tertiary/aromatic N) is 1. The first kappa shape index (κ1) is 17.6. The number of benzene rings is 2. The van der Waals surface area contributed by atoms with Crippen LogP contribution >= 0.6 is 0 Å². The number of hydrogen-bond donors (Lipinski definition) is 2. The number of rotatable bonds is 5. The third-order valence-electron chi connectivity index (χ3n) is 5.37. The van der Waals surface area contributed by atoms with Crippen LogP contribution in [0.5, 0.6) is 5.75 Å². The molecule has 2 aromatic carbocycles. The Morgan fingerprint density at radius 1 is 1.19 bits per heavy atom. The lowest BCUT2D eigenvalue weighted by Gasteiger charge is -2.31. The molecule has 1 amide bonds. The quantitative estimate of drug-likeness (QED) is 0.720. The van der Waals surface area contributed by atoms with Crippen molar-refractivity contribution in [3.63, 3.8) is 0 Å². The van der Waals surface area contributed by atoms with E-state index in [2.05, 4.69) is 33.5 Å². The Balaban J connectivity index is 1.36. The van der Waals surface area contributed by atoms with E-state index in [9.17, 15) is 4.79 Å². The normalized spacial score (nSPS) is 15.7. The molecule has 5 heteroatoms. The summed E-state index contributed by atoms with van der Waals surface area (Å²) < 4.78 is 5.38. The third-order valence-corrected chi connectivity index (χ3v) is 5.37. The van der Waals surface area contributed by atoms with E-state index in [1.807, 2.05) is 36.4 Å². The van der Waals surface area contributed by atoms with E-state index in [0.717, 1.165) is 42.9 Å². The van der Waals surface area contributed by atoms with Crippen molar-refractivity contribution in [1.82, 2.24) is 9.88 Å². The molecule has 1 aromatic heterocycles. The summed E-state index contributed by atoms with van der Waals surface area (Å²) in [7, 11) is 1.70. The lowest BCUT2D eigenvalue weighted by atomic mass is 9.89. The van der Waals surface area contributed by atoms with Gasteiger partial charge in [0.2, 0.25) is 5.91 Å². The number of aromatic nitrogens is 1. The molecule has 1 fully saturated rings. The fourth-order valence-corrected chi connectivity index (χ4v) is 3.91. The Labute approximate surface area is 159 Å². The number of carbonyl (C=O) groups is 1. The Morgan fingerprint density at radius 3 is 2.70 bits per heavy atom. The molecule has 0 spiro atoms. The molecule has 140 valence electrons. The van der Waals surface area contributed by atoms with Gasteiger partial charge in [-0.2, -0.15) is 0 Å². The van der Waals surface area contributed by atoms with E-state index >= 15 is 0 Å². The molecule has 0 atom stereocenters. The fourth-order valence-electron chi connectivity index (χ4n) is 3.91. The second kappa shape index (κ2) is 7.84. The van der Waals surface area contributed by atoms with Gasteiger partial charge in [0.1, 0.15) is 5.75 Å². The van der Waals surface area contributed by atoms with E-state index in [-0.39, 0.29) is 5.91 Å². The number of amides is 1. The minimum atomic E-state index is 0.0523. The zero-order valence-electron chi connectivity index (χ0n) is 15.6. The standard InChI is InChI=1S/C22H25N3O2/c1-27-18-7-8-21-19(13-18)20(14-23-21)16-9-11-25(12-10-16)15-22(26)24-17-5-3-2-4-6-17/h2-8,13-14,16,23H,9-12,15H2,1H3,(H,24,26). The highest BCUT2D eigenvalue weighted by Crippen LogP contribution is 2.34. The summed E-state index contributed by atoms with van der Waals surface area (Å²) in [5.74, 6) is 1.45. The monoisotopic (exact) mass is 363 g/mol. The van der Waals surface area contributed by atoms with Crippen molar-refractivity contribution in [2.75, 3.05) is 32.1 Å². The molecule has 0 saturated carbocycles. The second-order valence-electron chi connectivity index (χ2n) is 7.12. The molecule has 2 N–H and O–H groups in total. The first-order chi connectivity index (χ1) is 13.2. The van der Waals surface area contributed by atoms with Crippen LogP contribution in [0.1, 0.15) is 24.3 Å². The molecule has 27 heavy (non-hydrogen) atoms. The summed E-state index contributed by atoms with van der Waals surface area (Å²) in [4.78, 5) is 17.9. The molecule has 4 rings (SSSR count). The van der Waals surface area contributed by atoms with Crippen LogP contribution in [-0.4, -0.2) is 42.5 Å². The SMILES string of the molecule is COc1ccc2[nH]cc(C3CCN(CC(=O)Nc4ccccc4)CC3)c2c1. The summed E-state index contributed by atoms with van der Waals surface area (Å²) in [6, 6.07) is 15.8. The zero-order chi connectivity index (χ0) is 18.6. The maximum absolute atomic E-state index is 12.3. The molecular formula is C22H25N3O2. The smallest absolute Gasteiger partial charge is 0.238 e. The van der Waals surface area contributed by atoms with Gasteiger partial charge in [-0.1, -0.05) is 18.2 Å². The van der Waals surface area contributed by atoms with Crippen LogP contribution < -0.4 is 10.1 Å². The van der Waals surface area contributed by atoms with E-state index in [0.29, 0.717) is 12.5 Å². The van der Waals surface area contributed by atoms with Crippen molar-refractivity contribution >= 4 is 22.5 Å². The summed E-state index contributed by atoms with van der Waals surface area (Å²) >= 11 is 0. The van der Waals surface area contributed by atoms with Gasteiger partial charge in [0.15, 0.2) is 0 Å². The van der Waals surface area contributed by atoms with E-state index in [4.69, 9.17) is 4.74 Å². The summed E-state index contributed by atoms with van der Waals surface area (Å²) in [6.07, 6.45) is 4.25. The lowest BCUT2D eigenvalue weighted by Crippen LogP contribution is -2.38. The molecule has 0 radical (unpaired) electrons. The molecule has 1 aliphatic rings. The highest BCUT2D eigenvalue weighted by molar-refractivity contribution is 5.92. The number of fused-ring (bicyclic) bond motifs is 1. The van der Waals surface area contributed by atoms with Gasteiger partial charge in [0.25, 0.3) is 0 Å². The van der Waals surface area contributed by atoms with Gasteiger partial charge in [-0.3, -0.25) is 9.69 Å². The molecule has 0 unspecified atom stereocenters. The zero-order valence-corrected chi connectivity index (χ0v) is 15.6. The predicted octanol–water partition coefficient (Wildman–Crippen LogP) is 3.99. The number of likely N-dealkylation sites (tertiary alicyclic amines) is 1. The van der Waals surface area contributed by atoms with Gasteiger partial charge in [-0.05, 0) is 67.7 Å². The van der Waals surface area contributed by atoms with Crippen molar-refractivity contribution < 1.29 is 9.53 Å². The third kappa shape index (κ3) is 3.98. The number of methoxy groups -OCH3 is 1. The van der Waals surface area contributed by atoms with Crippen molar-refractivity contribution in [2.45, 2.75) is 18.8 Å². The average Bonchev–Trinajstić information content (AvgIpc) is 3.12. The van der Waals surface area contributed by atoms with Gasteiger partial charge >= 0.3 is 0 Å². The number of para-hydroxylation sites is 1. The van der Waals surface area contributed by atoms with Crippen LogP contribution in [0.25, 0.3) is 10.9 Å². The molecule has 5 nitrogen and oxygen atoms in total. The van der Waals surface area contributed by atoms with E-state index < -0.39 is 0 Å². The van der Waals surface area contributed by atoms with Gasteiger partial charge in [-0.15, -0.1) is 0 Å². The lowest BCUT2D eigenvalue weighted by molar-refractivity contribution is -0.117. The topological polar surface area (TPSA) is 57.4 Å². The van der Waals surface area contributed by atoms with Gasteiger partial charge in [-0.25, -0.2) is 0 Å². The number of nitrogens with one attached hydrogen (secondary N) is 2. The Kier molecular flexibility index (Phi) is 5.12. The molecule has 0 aliphatic carbocycles. The number of hydrogen-bond acceptors (Lipinski definition) is 3. The fraction of sp³-hybridized carbons (Fsp3) is 0.318. The van der Waals surface area contributed by atoms with Crippen LogP contribution in [0, 0.1) is 0 Å². The molecule has 0 bridgehead atoms. The highest BCUT2D eigenvalue weighted by atomic mass is 16.5. The highest BCUT2D eigenvalue weighted by Gasteiger charge is 2.24. The average molecular weight is 363 g/mol. The second-order valence-corrected chi connectivity index (χ2v) is 7.12. The minimum Gasteiger partial charge on any atom is -0.497 e. The Bertz CT molecular complexity index is 912. The Morgan fingerprint density at radius 2 is 1.96 bits per heavy atom. The number of H-pyrrole nitrogens is 1. The number of carbonyl (C=O) groups excluding carboxylic acids is 1. The van der Waals surface area contributed by atoms with Gasteiger partial charge in [0.05, 0.1) is 13.7 Å². The van der Waals surface area contributed by atoms with Crippen LogP contribution in [0.4, 0.5) is 5.69 Å². The Hall–Kier alpha value is -2.79. The largest absolute Gasteiger partial charge is 0.497 e. The van der Waals surface area contributed by atoms with Gasteiger partial charge in [0, 0.05) is 22.8 Å².